The monoisotopic (exact) mass is 432 g/mol. The Morgan fingerprint density at radius 2 is 2.04 bits per heavy atom. The molecule has 0 aliphatic carbocycles. The van der Waals surface area contributed by atoms with Gasteiger partial charge in [0.15, 0.2) is 0 Å². The van der Waals surface area contributed by atoms with E-state index in [2.05, 4.69) is 11.0 Å². The Morgan fingerprint density at radius 1 is 1.29 bits per heavy atom. The Balaban J connectivity index is 1.79. The second kappa shape index (κ2) is 8.98. The minimum Gasteiger partial charge on any atom is -0.481 e. The molecule has 2 heterocycles. The smallest absolute Gasteiger partial charge is 0.303 e. The van der Waals surface area contributed by atoms with E-state index in [0.29, 0.717) is 22.2 Å². The van der Waals surface area contributed by atoms with Gasteiger partial charge in [0, 0.05) is 24.9 Å². The highest BCUT2D eigenvalue weighted by molar-refractivity contribution is 8.26. The van der Waals surface area contributed by atoms with E-state index in [1.807, 2.05) is 43.4 Å². The summed E-state index contributed by atoms with van der Waals surface area (Å²) in [5, 5.41) is 9.97. The van der Waals surface area contributed by atoms with Crippen LogP contribution in [0.15, 0.2) is 62.9 Å². The number of allylic oxidation sites excluding steroid dienone is 4. The first-order valence-electron chi connectivity index (χ1n) is 8.73. The minimum atomic E-state index is -0.783. The van der Waals surface area contributed by atoms with Crippen LogP contribution < -0.4 is 4.90 Å². The van der Waals surface area contributed by atoms with Gasteiger partial charge >= 0.3 is 5.97 Å². The number of rotatable bonds is 6. The van der Waals surface area contributed by atoms with Gasteiger partial charge in [-0.05, 0) is 43.2 Å². The van der Waals surface area contributed by atoms with Crippen LogP contribution in [0.2, 0.25) is 0 Å². The lowest BCUT2D eigenvalue weighted by Gasteiger charge is -2.19. The van der Waals surface area contributed by atoms with E-state index in [0.717, 1.165) is 21.2 Å². The lowest BCUT2D eigenvalue weighted by Crippen LogP contribution is -2.22. The lowest BCUT2D eigenvalue weighted by molar-refractivity contribution is -0.137. The Bertz CT molecular complexity index is 921. The number of amides is 1. The van der Waals surface area contributed by atoms with Crippen molar-refractivity contribution in [1.29, 1.82) is 0 Å². The fourth-order valence-corrected chi connectivity index (χ4v) is 5.12. The third-order valence-electron chi connectivity index (χ3n) is 4.24. The van der Waals surface area contributed by atoms with Crippen molar-refractivity contribution < 1.29 is 14.7 Å². The molecule has 0 unspecified atom stereocenters. The second-order valence-electron chi connectivity index (χ2n) is 6.38. The van der Waals surface area contributed by atoms with Crippen molar-refractivity contribution in [3.8, 4) is 0 Å². The normalized spacial score (nSPS) is 19.9. The molecule has 0 radical (unpaired) electrons. The van der Waals surface area contributed by atoms with Crippen LogP contribution in [0.5, 0.6) is 0 Å². The average molecular weight is 433 g/mol. The van der Waals surface area contributed by atoms with Gasteiger partial charge in [0.25, 0.3) is 5.91 Å². The van der Waals surface area contributed by atoms with Crippen LogP contribution in [0, 0.1) is 0 Å². The molecule has 5 nitrogen and oxygen atoms in total. The van der Waals surface area contributed by atoms with Crippen LogP contribution in [-0.4, -0.2) is 39.8 Å². The van der Waals surface area contributed by atoms with E-state index in [-0.39, 0.29) is 12.3 Å². The topological polar surface area (TPSA) is 60.9 Å². The molecule has 1 amide bonds. The zero-order chi connectivity index (χ0) is 20.3. The SMILES string of the molecule is CC(=C\C=C1/Sc2ccccc2N1CCCC(=O)O)/C=C1/SC(=S)N(C)C1=O. The van der Waals surface area contributed by atoms with Gasteiger partial charge in [-0.2, -0.15) is 0 Å². The van der Waals surface area contributed by atoms with Crippen molar-refractivity contribution in [2.24, 2.45) is 0 Å². The largest absolute Gasteiger partial charge is 0.481 e. The van der Waals surface area contributed by atoms with E-state index in [4.69, 9.17) is 17.3 Å². The number of carbonyl (C=O) groups excluding carboxylic acids is 1. The van der Waals surface area contributed by atoms with Gasteiger partial charge in [-0.15, -0.1) is 0 Å². The third kappa shape index (κ3) is 4.68. The summed E-state index contributed by atoms with van der Waals surface area (Å²) in [5.41, 5.74) is 2.05. The van der Waals surface area contributed by atoms with E-state index < -0.39 is 5.97 Å². The molecule has 1 aromatic carbocycles. The number of thiocarbonyl (C=S) groups is 1. The van der Waals surface area contributed by atoms with E-state index in [1.54, 1.807) is 18.8 Å². The first-order chi connectivity index (χ1) is 13.4. The third-order valence-corrected chi connectivity index (χ3v) is 6.86. The summed E-state index contributed by atoms with van der Waals surface area (Å²) in [5.74, 6) is -0.858. The van der Waals surface area contributed by atoms with Crippen LogP contribution in [0.3, 0.4) is 0 Å². The van der Waals surface area contributed by atoms with Crippen LogP contribution >= 0.6 is 35.7 Å². The fraction of sp³-hybridized carbons (Fsp3) is 0.250. The van der Waals surface area contributed by atoms with Crippen LogP contribution in [0.4, 0.5) is 5.69 Å². The Morgan fingerprint density at radius 3 is 2.71 bits per heavy atom. The molecule has 0 saturated carbocycles. The first-order valence-corrected chi connectivity index (χ1v) is 10.8. The number of aliphatic carboxylic acids is 1. The van der Waals surface area contributed by atoms with Gasteiger partial charge in [0.2, 0.25) is 0 Å². The number of carboxylic acids is 1. The minimum absolute atomic E-state index is 0.0756. The molecule has 2 aliphatic rings. The Hall–Kier alpha value is -2.03. The van der Waals surface area contributed by atoms with Crippen molar-refractivity contribution in [1.82, 2.24) is 4.90 Å². The van der Waals surface area contributed by atoms with Gasteiger partial charge < -0.3 is 10.0 Å². The molecule has 1 fully saturated rings. The number of fused-ring (bicyclic) bond motifs is 1. The molecule has 2 aliphatic heterocycles. The molecule has 1 N–H and O–H groups in total. The number of likely N-dealkylation sites (N-methyl/N-ethyl adjacent to an activating group) is 1. The van der Waals surface area contributed by atoms with E-state index in [1.165, 1.54) is 16.7 Å². The molecular formula is C20H20N2O3S3. The highest BCUT2D eigenvalue weighted by atomic mass is 32.2. The van der Waals surface area contributed by atoms with Gasteiger partial charge in [0.05, 0.1) is 15.6 Å². The molecule has 1 aromatic rings. The maximum Gasteiger partial charge on any atom is 0.303 e. The molecule has 0 aromatic heterocycles. The van der Waals surface area contributed by atoms with Gasteiger partial charge in [-0.3, -0.25) is 14.5 Å². The molecule has 0 spiro atoms. The number of nitrogens with zero attached hydrogens (tertiary/aromatic N) is 2. The summed E-state index contributed by atoms with van der Waals surface area (Å²) in [4.78, 5) is 28.4. The molecule has 1 saturated heterocycles. The molecule has 28 heavy (non-hydrogen) atoms. The highest BCUT2D eigenvalue weighted by Crippen LogP contribution is 2.45. The predicted octanol–water partition coefficient (Wildman–Crippen LogP) is 4.63. The molecule has 8 heteroatoms. The van der Waals surface area contributed by atoms with Gasteiger partial charge in [-0.25, -0.2) is 0 Å². The van der Waals surface area contributed by atoms with Crippen molar-refractivity contribution >= 4 is 57.6 Å². The number of para-hydroxylation sites is 1. The quantitative estimate of drug-likeness (QED) is 0.520. The van der Waals surface area contributed by atoms with Crippen molar-refractivity contribution in [2.45, 2.75) is 24.7 Å². The Kier molecular flexibility index (Phi) is 6.64. The first kappa shape index (κ1) is 20.7. The molecule has 0 atom stereocenters. The van der Waals surface area contributed by atoms with Crippen LogP contribution in [0.1, 0.15) is 19.8 Å². The maximum absolute atomic E-state index is 12.1. The zero-order valence-electron chi connectivity index (χ0n) is 15.5. The number of thioether (sulfide) groups is 2. The second-order valence-corrected chi connectivity index (χ2v) is 9.11. The zero-order valence-corrected chi connectivity index (χ0v) is 18.0. The van der Waals surface area contributed by atoms with Gasteiger partial charge in [0.1, 0.15) is 4.32 Å². The van der Waals surface area contributed by atoms with Crippen molar-refractivity contribution in [3.63, 3.8) is 0 Å². The summed E-state index contributed by atoms with van der Waals surface area (Å²) in [6.07, 6.45) is 6.56. The number of hydrogen-bond acceptors (Lipinski definition) is 6. The van der Waals surface area contributed by atoms with E-state index in [9.17, 15) is 9.59 Å². The predicted molar refractivity (Wildman–Crippen MR) is 119 cm³/mol. The average Bonchev–Trinajstić information content (AvgIpc) is 3.12. The molecule has 0 bridgehead atoms. The number of hydrogen-bond donors (Lipinski definition) is 1. The maximum atomic E-state index is 12.1. The number of carbonyl (C=O) groups is 2. The number of benzene rings is 1. The standard InChI is InChI=1S/C20H20N2O3S3/c1-13(12-16-19(25)21(2)20(26)28-16)9-10-17-22(11-5-8-18(23)24)14-6-3-4-7-15(14)27-17/h3-4,6-7,9-10,12H,5,8,11H2,1-2H3,(H,23,24)/b13-9+,16-12+,17-10-. The van der Waals surface area contributed by atoms with Crippen molar-refractivity contribution in [3.05, 3.63) is 58.0 Å². The van der Waals surface area contributed by atoms with Gasteiger partial charge in [-0.1, -0.05) is 54.0 Å². The molecular weight excluding hydrogens is 412 g/mol. The molecule has 146 valence electrons. The fourth-order valence-electron chi connectivity index (χ4n) is 2.80. The lowest BCUT2D eigenvalue weighted by atomic mass is 10.2. The summed E-state index contributed by atoms with van der Waals surface area (Å²) in [6, 6.07) is 8.10. The van der Waals surface area contributed by atoms with Crippen LogP contribution in [-0.2, 0) is 9.59 Å². The summed E-state index contributed by atoms with van der Waals surface area (Å²) in [6.45, 7) is 2.59. The summed E-state index contributed by atoms with van der Waals surface area (Å²) in [7, 11) is 1.68. The number of anilines is 1. The van der Waals surface area contributed by atoms with E-state index >= 15 is 0 Å². The summed E-state index contributed by atoms with van der Waals surface area (Å²) >= 11 is 8.13. The van der Waals surface area contributed by atoms with Crippen LogP contribution in [0.25, 0.3) is 0 Å². The number of carboxylic acid groups (broad SMARTS) is 1. The highest BCUT2D eigenvalue weighted by Gasteiger charge is 2.28. The Labute approximate surface area is 178 Å². The molecule has 3 rings (SSSR count). The summed E-state index contributed by atoms with van der Waals surface area (Å²) < 4.78 is 0.564. The van der Waals surface area contributed by atoms with Crippen molar-refractivity contribution in [2.75, 3.05) is 18.5 Å².